The van der Waals surface area contributed by atoms with Crippen LogP contribution in [-0.2, 0) is 20.8 Å². The second kappa shape index (κ2) is 4.49. The molecule has 0 spiro atoms. The van der Waals surface area contributed by atoms with Crippen LogP contribution in [0.4, 0.5) is 0 Å². The van der Waals surface area contributed by atoms with Crippen LogP contribution in [0, 0.1) is 6.92 Å². The van der Waals surface area contributed by atoms with Crippen molar-refractivity contribution in [2.24, 2.45) is 0 Å². The molecule has 0 amide bonds. The van der Waals surface area contributed by atoms with Crippen LogP contribution in [0.1, 0.15) is 5.56 Å². The highest BCUT2D eigenvalue weighted by Gasteiger charge is 2.17. The van der Waals surface area contributed by atoms with E-state index >= 15 is 0 Å². The summed E-state index contributed by atoms with van der Waals surface area (Å²) in [5, 5.41) is 0. The molecule has 0 saturated carbocycles. The highest BCUT2D eigenvalue weighted by Crippen LogP contribution is 2.30. The molecule has 1 aromatic rings. The monoisotopic (exact) mass is 284 g/mol. The molecule has 0 fully saturated rings. The second-order valence-electron chi connectivity index (χ2n) is 2.97. The van der Waals surface area contributed by atoms with E-state index in [1.54, 1.807) is 6.92 Å². The molecule has 2 N–H and O–H groups in total. The number of hydrogen-bond acceptors (Lipinski definition) is 6. The highest BCUT2D eigenvalue weighted by molar-refractivity contribution is 7.81. The molecule has 1 aromatic carbocycles. The van der Waals surface area contributed by atoms with Gasteiger partial charge in [-0.2, -0.15) is 16.8 Å². The Morgan fingerprint density at radius 3 is 1.88 bits per heavy atom. The molecule has 0 radical (unpaired) electrons. The van der Waals surface area contributed by atoms with Gasteiger partial charge >= 0.3 is 20.8 Å². The van der Waals surface area contributed by atoms with Crippen LogP contribution in [0.25, 0.3) is 0 Å². The minimum absolute atomic E-state index is 0.520. The van der Waals surface area contributed by atoms with Crippen molar-refractivity contribution in [3.05, 3.63) is 23.8 Å². The summed E-state index contributed by atoms with van der Waals surface area (Å²) in [6, 6.07) is 3.55. The number of hydrogen-bond donors (Lipinski definition) is 2. The average molecular weight is 284 g/mol. The maximum absolute atomic E-state index is 10.5. The summed E-state index contributed by atoms with van der Waals surface area (Å²) in [6.45, 7) is 1.56. The van der Waals surface area contributed by atoms with E-state index < -0.39 is 32.3 Å². The van der Waals surface area contributed by atoms with Crippen LogP contribution in [0.3, 0.4) is 0 Å². The Bertz CT molecular complexity index is 615. The van der Waals surface area contributed by atoms with Gasteiger partial charge < -0.3 is 8.37 Å². The van der Waals surface area contributed by atoms with E-state index in [9.17, 15) is 16.8 Å². The molecule has 8 nitrogen and oxygen atoms in total. The summed E-state index contributed by atoms with van der Waals surface area (Å²) >= 11 is 0. The zero-order valence-corrected chi connectivity index (χ0v) is 10.0. The van der Waals surface area contributed by atoms with Gasteiger partial charge in [0.05, 0.1) is 0 Å². The summed E-state index contributed by atoms with van der Waals surface area (Å²) in [6.07, 6.45) is 0. The van der Waals surface area contributed by atoms with Gasteiger partial charge in [-0.05, 0) is 24.6 Å². The Kier molecular flexibility index (Phi) is 3.62. The lowest BCUT2D eigenvalue weighted by atomic mass is 10.2. The molecule has 0 aliphatic heterocycles. The predicted molar refractivity (Wildman–Crippen MR) is 55.5 cm³/mol. The minimum atomic E-state index is -4.83. The first-order chi connectivity index (χ1) is 7.57. The standard InChI is InChI=1S/C7H8O8S2/c1-5-2-3-6(14-16(8,9)10)7(4-5)15-17(11,12)13/h2-4H,1H3,(H,8,9,10)(H,11,12,13). The second-order valence-corrected chi connectivity index (χ2v) is 5.02. The number of rotatable bonds is 4. The van der Waals surface area contributed by atoms with Gasteiger partial charge in [0.15, 0.2) is 11.5 Å². The van der Waals surface area contributed by atoms with Crippen molar-refractivity contribution in [3.8, 4) is 11.5 Å². The Morgan fingerprint density at radius 1 is 0.941 bits per heavy atom. The number of benzene rings is 1. The van der Waals surface area contributed by atoms with E-state index in [1.165, 1.54) is 6.07 Å². The van der Waals surface area contributed by atoms with Crippen molar-refractivity contribution >= 4 is 20.8 Å². The van der Waals surface area contributed by atoms with Gasteiger partial charge in [-0.3, -0.25) is 9.11 Å². The fraction of sp³-hybridized carbons (Fsp3) is 0.143. The first-order valence-electron chi connectivity index (χ1n) is 4.01. The Hall–Kier alpha value is -1.36. The van der Waals surface area contributed by atoms with Crippen molar-refractivity contribution in [2.45, 2.75) is 6.92 Å². The van der Waals surface area contributed by atoms with Crippen LogP contribution in [0.5, 0.6) is 11.5 Å². The zero-order chi connectivity index (χ0) is 13.3. The molecule has 0 unspecified atom stereocenters. The van der Waals surface area contributed by atoms with E-state index in [2.05, 4.69) is 8.37 Å². The molecule has 17 heavy (non-hydrogen) atoms. The molecule has 96 valence electrons. The summed E-state index contributed by atoms with van der Waals surface area (Å²) < 4.78 is 67.0. The predicted octanol–water partition coefficient (Wildman–Crippen LogP) is 0.358. The molecule has 0 heterocycles. The van der Waals surface area contributed by atoms with Crippen LogP contribution in [0.2, 0.25) is 0 Å². The van der Waals surface area contributed by atoms with Crippen LogP contribution >= 0.6 is 0 Å². The van der Waals surface area contributed by atoms with E-state index in [4.69, 9.17) is 9.11 Å². The largest absolute Gasteiger partial charge is 0.446 e. The smallest absolute Gasteiger partial charge is 0.358 e. The third kappa shape index (κ3) is 4.99. The molecular weight excluding hydrogens is 276 g/mol. The van der Waals surface area contributed by atoms with E-state index in [0.29, 0.717) is 5.56 Å². The fourth-order valence-corrected chi connectivity index (χ4v) is 1.70. The quantitative estimate of drug-likeness (QED) is 0.758. The van der Waals surface area contributed by atoms with E-state index in [0.717, 1.165) is 12.1 Å². The number of aryl methyl sites for hydroxylation is 1. The maximum atomic E-state index is 10.5. The highest BCUT2D eigenvalue weighted by atomic mass is 32.3. The summed E-state index contributed by atoms with van der Waals surface area (Å²) in [7, 11) is -9.65. The molecule has 0 atom stereocenters. The van der Waals surface area contributed by atoms with Crippen LogP contribution < -0.4 is 8.37 Å². The van der Waals surface area contributed by atoms with E-state index in [-0.39, 0.29) is 0 Å². The van der Waals surface area contributed by atoms with Crippen LogP contribution in [0.15, 0.2) is 18.2 Å². The topological polar surface area (TPSA) is 127 Å². The van der Waals surface area contributed by atoms with Gasteiger partial charge in [0.2, 0.25) is 0 Å². The lowest BCUT2D eigenvalue weighted by Crippen LogP contribution is -2.11. The van der Waals surface area contributed by atoms with Crippen molar-refractivity contribution in [2.75, 3.05) is 0 Å². The third-order valence-corrected chi connectivity index (χ3v) is 2.27. The van der Waals surface area contributed by atoms with Crippen molar-refractivity contribution < 1.29 is 34.3 Å². The van der Waals surface area contributed by atoms with Gasteiger partial charge in [0.1, 0.15) is 0 Å². The molecule has 10 heteroatoms. The molecule has 0 aliphatic rings. The normalized spacial score (nSPS) is 12.2. The van der Waals surface area contributed by atoms with Crippen molar-refractivity contribution in [1.29, 1.82) is 0 Å². The molecule has 0 bridgehead atoms. The molecule has 0 saturated heterocycles. The average Bonchev–Trinajstić information content (AvgIpc) is 2.05. The van der Waals surface area contributed by atoms with E-state index in [1.807, 2.05) is 0 Å². The fourth-order valence-electron chi connectivity index (χ4n) is 0.976. The molecule has 1 rings (SSSR count). The zero-order valence-electron chi connectivity index (χ0n) is 8.39. The minimum Gasteiger partial charge on any atom is -0.358 e. The first-order valence-corrected chi connectivity index (χ1v) is 6.74. The molecular formula is C7H8O8S2. The Morgan fingerprint density at radius 2 is 1.41 bits per heavy atom. The Labute approximate surface area is 97.7 Å². The first kappa shape index (κ1) is 13.7. The van der Waals surface area contributed by atoms with Gasteiger partial charge in [-0.1, -0.05) is 6.07 Å². The SMILES string of the molecule is Cc1ccc(OS(=O)(=O)O)c(OS(=O)(=O)O)c1. The molecule has 0 aliphatic carbocycles. The van der Waals surface area contributed by atoms with Gasteiger partial charge in [-0.25, -0.2) is 0 Å². The molecule has 0 aromatic heterocycles. The summed E-state index contributed by atoms with van der Waals surface area (Å²) in [5.41, 5.74) is 0.520. The summed E-state index contributed by atoms with van der Waals surface area (Å²) in [5.74, 6) is -1.14. The lowest BCUT2D eigenvalue weighted by molar-refractivity contribution is 0.361. The van der Waals surface area contributed by atoms with Gasteiger partial charge in [0, 0.05) is 0 Å². The Balaban J connectivity index is 3.22. The van der Waals surface area contributed by atoms with Crippen molar-refractivity contribution in [1.82, 2.24) is 0 Å². The van der Waals surface area contributed by atoms with Gasteiger partial charge in [-0.15, -0.1) is 0 Å². The third-order valence-electron chi connectivity index (χ3n) is 1.49. The van der Waals surface area contributed by atoms with Crippen LogP contribution in [-0.4, -0.2) is 25.9 Å². The van der Waals surface area contributed by atoms with Gasteiger partial charge in [0.25, 0.3) is 0 Å². The van der Waals surface area contributed by atoms with Crippen molar-refractivity contribution in [3.63, 3.8) is 0 Å². The maximum Gasteiger partial charge on any atom is 0.446 e. The lowest BCUT2D eigenvalue weighted by Gasteiger charge is -2.08. The summed E-state index contributed by atoms with van der Waals surface area (Å²) in [4.78, 5) is 0.